The first-order chi connectivity index (χ1) is 9.07. The lowest BCUT2D eigenvalue weighted by Crippen LogP contribution is -2.16. The fourth-order valence-corrected chi connectivity index (χ4v) is 2.54. The standard InChI is InChI=1S/C11H11F4O4P/c1-2-19-20(17,18)6-10(16)8-5-7(12)3-4-9(8)11(13,14)15/h3-5H,2,6H2,1H3,(H,17,18). The second kappa shape index (κ2) is 6.03. The molecule has 1 aromatic rings. The molecule has 1 atom stereocenters. The van der Waals surface area contributed by atoms with Gasteiger partial charge in [0.1, 0.15) is 12.0 Å². The van der Waals surface area contributed by atoms with Crippen LogP contribution >= 0.6 is 7.60 Å². The molecule has 0 aliphatic heterocycles. The van der Waals surface area contributed by atoms with Crippen LogP contribution in [0.25, 0.3) is 0 Å². The van der Waals surface area contributed by atoms with Crippen molar-refractivity contribution < 1.29 is 36.3 Å². The van der Waals surface area contributed by atoms with Crippen molar-refractivity contribution >= 4 is 13.4 Å². The van der Waals surface area contributed by atoms with Crippen molar-refractivity contribution in [1.82, 2.24) is 0 Å². The smallest absolute Gasteiger partial charge is 0.324 e. The Bertz CT molecular complexity index is 556. The van der Waals surface area contributed by atoms with Crippen LogP contribution in [0.15, 0.2) is 18.2 Å². The number of benzene rings is 1. The lowest BCUT2D eigenvalue weighted by atomic mass is 10.0. The number of Topliss-reactive ketones (excluding diaryl/α,β-unsaturated/α-hetero) is 1. The molecule has 112 valence electrons. The molecule has 0 aromatic heterocycles. The van der Waals surface area contributed by atoms with E-state index in [1.165, 1.54) is 6.92 Å². The maximum atomic E-state index is 13.0. The average molecular weight is 314 g/mol. The predicted octanol–water partition coefficient (Wildman–Crippen LogP) is 3.25. The summed E-state index contributed by atoms with van der Waals surface area (Å²) in [4.78, 5) is 20.9. The Labute approximate surface area is 111 Å². The van der Waals surface area contributed by atoms with Gasteiger partial charge in [-0.2, -0.15) is 13.2 Å². The van der Waals surface area contributed by atoms with Crippen LogP contribution in [-0.4, -0.2) is 23.4 Å². The number of rotatable bonds is 5. The first-order valence-electron chi connectivity index (χ1n) is 5.43. The first-order valence-corrected chi connectivity index (χ1v) is 7.19. The topological polar surface area (TPSA) is 63.6 Å². The van der Waals surface area contributed by atoms with E-state index in [1.807, 2.05) is 0 Å². The van der Waals surface area contributed by atoms with Gasteiger partial charge in [-0.1, -0.05) is 0 Å². The molecule has 9 heteroatoms. The van der Waals surface area contributed by atoms with Crippen LogP contribution in [0.2, 0.25) is 0 Å². The zero-order chi connectivity index (χ0) is 15.6. The van der Waals surface area contributed by atoms with Gasteiger partial charge in [0.15, 0.2) is 5.78 Å². The minimum Gasteiger partial charge on any atom is -0.324 e. The van der Waals surface area contributed by atoms with Crippen LogP contribution in [0.4, 0.5) is 17.6 Å². The lowest BCUT2D eigenvalue weighted by molar-refractivity contribution is -0.137. The Balaban J connectivity index is 3.16. The Morgan fingerprint density at radius 1 is 1.40 bits per heavy atom. The summed E-state index contributed by atoms with van der Waals surface area (Å²) in [6, 6.07) is 1.35. The third-order valence-electron chi connectivity index (χ3n) is 2.26. The molecule has 0 heterocycles. The minimum absolute atomic E-state index is 0.184. The molecule has 0 aliphatic rings. The quantitative estimate of drug-likeness (QED) is 0.515. The summed E-state index contributed by atoms with van der Waals surface area (Å²) >= 11 is 0. The fourth-order valence-electron chi connectivity index (χ4n) is 1.51. The maximum Gasteiger partial charge on any atom is 0.417 e. The molecule has 0 radical (unpaired) electrons. The van der Waals surface area contributed by atoms with E-state index in [-0.39, 0.29) is 6.61 Å². The third-order valence-corrected chi connectivity index (χ3v) is 3.61. The SMILES string of the molecule is CCOP(=O)(O)CC(=O)c1cc(F)ccc1C(F)(F)F. The van der Waals surface area contributed by atoms with E-state index in [0.717, 1.165) is 0 Å². The molecule has 1 N–H and O–H groups in total. The average Bonchev–Trinajstić information content (AvgIpc) is 2.26. The monoisotopic (exact) mass is 314 g/mol. The highest BCUT2D eigenvalue weighted by molar-refractivity contribution is 7.53. The summed E-state index contributed by atoms with van der Waals surface area (Å²) in [5, 5.41) is 0. The number of ketones is 1. The van der Waals surface area contributed by atoms with Crippen molar-refractivity contribution in [3.63, 3.8) is 0 Å². The lowest BCUT2D eigenvalue weighted by Gasteiger charge is -2.14. The van der Waals surface area contributed by atoms with E-state index < -0.39 is 42.7 Å². The third kappa shape index (κ3) is 4.40. The molecule has 1 aromatic carbocycles. The number of hydrogen-bond acceptors (Lipinski definition) is 3. The van der Waals surface area contributed by atoms with Crippen molar-refractivity contribution in [2.75, 3.05) is 12.8 Å². The molecule has 0 amide bonds. The molecule has 0 bridgehead atoms. The number of carbonyl (C=O) groups excluding carboxylic acids is 1. The number of alkyl halides is 3. The highest BCUT2D eigenvalue weighted by atomic mass is 31.2. The molecule has 0 aliphatic carbocycles. The molecule has 1 unspecified atom stereocenters. The van der Waals surface area contributed by atoms with Crippen LogP contribution < -0.4 is 0 Å². The normalized spacial score (nSPS) is 14.9. The molecule has 1 rings (SSSR count). The van der Waals surface area contributed by atoms with Gasteiger partial charge in [-0.25, -0.2) is 4.39 Å². The zero-order valence-corrected chi connectivity index (χ0v) is 11.2. The summed E-state index contributed by atoms with van der Waals surface area (Å²) in [5.41, 5.74) is -2.35. The molecule has 0 spiro atoms. The van der Waals surface area contributed by atoms with Gasteiger partial charge in [0.05, 0.1) is 12.2 Å². The van der Waals surface area contributed by atoms with Crippen molar-refractivity contribution in [2.24, 2.45) is 0 Å². The van der Waals surface area contributed by atoms with Gasteiger partial charge in [0, 0.05) is 5.56 Å². The molecular weight excluding hydrogens is 303 g/mol. The predicted molar refractivity (Wildman–Crippen MR) is 62.1 cm³/mol. The van der Waals surface area contributed by atoms with Crippen LogP contribution in [-0.2, 0) is 15.3 Å². The number of hydrogen-bond donors (Lipinski definition) is 1. The summed E-state index contributed by atoms with van der Waals surface area (Å²) < 4.78 is 66.8. The number of carbonyl (C=O) groups is 1. The van der Waals surface area contributed by atoms with Gasteiger partial charge in [0.25, 0.3) is 0 Å². The van der Waals surface area contributed by atoms with Crippen LogP contribution in [0.5, 0.6) is 0 Å². The summed E-state index contributed by atoms with van der Waals surface area (Å²) in [6.45, 7) is 1.20. The fraction of sp³-hybridized carbons (Fsp3) is 0.364. The summed E-state index contributed by atoms with van der Waals surface area (Å²) in [7, 11) is -4.34. The van der Waals surface area contributed by atoms with E-state index >= 15 is 0 Å². The van der Waals surface area contributed by atoms with Crippen LogP contribution in [0.3, 0.4) is 0 Å². The second-order valence-electron chi connectivity index (χ2n) is 3.82. The Kier molecular flexibility index (Phi) is 5.07. The molecule has 0 saturated heterocycles. The van der Waals surface area contributed by atoms with Gasteiger partial charge < -0.3 is 9.42 Å². The van der Waals surface area contributed by atoms with Crippen molar-refractivity contribution in [2.45, 2.75) is 13.1 Å². The Morgan fingerprint density at radius 3 is 2.50 bits per heavy atom. The van der Waals surface area contributed by atoms with E-state index in [1.54, 1.807) is 0 Å². The zero-order valence-electron chi connectivity index (χ0n) is 10.3. The Hall–Kier alpha value is -1.24. The van der Waals surface area contributed by atoms with Crippen molar-refractivity contribution in [3.8, 4) is 0 Å². The molecule has 20 heavy (non-hydrogen) atoms. The van der Waals surface area contributed by atoms with Gasteiger partial charge in [0.2, 0.25) is 0 Å². The van der Waals surface area contributed by atoms with Crippen molar-refractivity contribution in [1.29, 1.82) is 0 Å². The largest absolute Gasteiger partial charge is 0.417 e. The molecule has 0 fully saturated rings. The van der Waals surface area contributed by atoms with E-state index in [9.17, 15) is 31.8 Å². The number of halogens is 4. The van der Waals surface area contributed by atoms with Crippen LogP contribution in [0.1, 0.15) is 22.8 Å². The summed E-state index contributed by atoms with van der Waals surface area (Å²) in [5.74, 6) is -2.36. The molecular formula is C11H11F4O4P. The van der Waals surface area contributed by atoms with E-state index in [2.05, 4.69) is 4.52 Å². The van der Waals surface area contributed by atoms with Gasteiger partial charge >= 0.3 is 13.8 Å². The highest BCUT2D eigenvalue weighted by Gasteiger charge is 2.36. The van der Waals surface area contributed by atoms with Gasteiger partial charge in [-0.05, 0) is 25.1 Å². The van der Waals surface area contributed by atoms with Gasteiger partial charge in [-0.3, -0.25) is 9.36 Å². The second-order valence-corrected chi connectivity index (χ2v) is 5.67. The maximum absolute atomic E-state index is 13.0. The minimum atomic E-state index is -4.87. The first kappa shape index (κ1) is 16.8. The molecule has 4 nitrogen and oxygen atoms in total. The summed E-state index contributed by atoms with van der Waals surface area (Å²) in [6.07, 6.45) is -6.02. The van der Waals surface area contributed by atoms with Crippen LogP contribution in [0, 0.1) is 5.82 Å². The van der Waals surface area contributed by atoms with Gasteiger partial charge in [-0.15, -0.1) is 0 Å². The van der Waals surface area contributed by atoms with E-state index in [4.69, 9.17) is 0 Å². The molecule has 0 saturated carbocycles. The highest BCUT2D eigenvalue weighted by Crippen LogP contribution is 2.43. The Morgan fingerprint density at radius 2 is 2.00 bits per heavy atom. The van der Waals surface area contributed by atoms with E-state index in [0.29, 0.717) is 18.2 Å². The van der Waals surface area contributed by atoms with Crippen molar-refractivity contribution in [3.05, 3.63) is 35.1 Å².